The zero-order valence-electron chi connectivity index (χ0n) is 13.9. The number of amides is 3. The Morgan fingerprint density at radius 2 is 2.00 bits per heavy atom. The number of anilines is 1. The Kier molecular flexibility index (Phi) is 5.43. The highest BCUT2D eigenvalue weighted by atomic mass is 16.4. The number of carbonyl (C=O) groups is 3. The number of hydrogen-bond donors (Lipinski definition) is 4. The van der Waals surface area contributed by atoms with Gasteiger partial charge in [0.25, 0.3) is 5.91 Å². The molecule has 1 aliphatic rings. The minimum atomic E-state index is -1.32. The number of carbonyl (C=O) groups excluding carboxylic acids is 2. The van der Waals surface area contributed by atoms with E-state index in [9.17, 15) is 19.5 Å². The maximum Gasteiger partial charge on any atom is 0.329 e. The Labute approximate surface area is 140 Å². The molecule has 7 heteroatoms. The monoisotopic (exact) mass is 333 g/mol. The van der Waals surface area contributed by atoms with Crippen molar-refractivity contribution in [2.24, 2.45) is 0 Å². The maximum absolute atomic E-state index is 12.4. The van der Waals surface area contributed by atoms with Crippen molar-refractivity contribution in [2.45, 2.75) is 51.1 Å². The minimum absolute atomic E-state index is 0.238. The van der Waals surface area contributed by atoms with Crippen LogP contribution >= 0.6 is 0 Å². The largest absolute Gasteiger partial charge is 0.480 e. The first kappa shape index (κ1) is 17.8. The number of rotatable bonds is 7. The van der Waals surface area contributed by atoms with Gasteiger partial charge in [-0.15, -0.1) is 0 Å². The van der Waals surface area contributed by atoms with E-state index in [2.05, 4.69) is 16.0 Å². The van der Waals surface area contributed by atoms with Gasteiger partial charge in [0.2, 0.25) is 0 Å². The maximum atomic E-state index is 12.4. The molecule has 7 nitrogen and oxygen atoms in total. The smallest absolute Gasteiger partial charge is 0.329 e. The third kappa shape index (κ3) is 4.71. The molecule has 1 saturated carbocycles. The summed E-state index contributed by atoms with van der Waals surface area (Å²) in [6, 6.07) is 6.34. The van der Waals surface area contributed by atoms with Crippen molar-refractivity contribution in [3.63, 3.8) is 0 Å². The number of benzene rings is 1. The Morgan fingerprint density at radius 1 is 1.29 bits per heavy atom. The average molecular weight is 333 g/mol. The van der Waals surface area contributed by atoms with Crippen molar-refractivity contribution in [1.82, 2.24) is 10.6 Å². The molecule has 4 N–H and O–H groups in total. The van der Waals surface area contributed by atoms with Gasteiger partial charge in [-0.25, -0.2) is 9.59 Å². The van der Waals surface area contributed by atoms with Crippen molar-refractivity contribution in [3.8, 4) is 0 Å². The van der Waals surface area contributed by atoms with Crippen LogP contribution in [-0.2, 0) is 4.79 Å². The lowest BCUT2D eigenvalue weighted by atomic mass is 9.95. The fraction of sp³-hybridized carbons (Fsp3) is 0.471. The molecule has 24 heavy (non-hydrogen) atoms. The van der Waals surface area contributed by atoms with Crippen molar-refractivity contribution >= 4 is 23.6 Å². The first-order valence-electron chi connectivity index (χ1n) is 8.07. The molecule has 0 aromatic heterocycles. The molecule has 0 aliphatic heterocycles. The van der Waals surface area contributed by atoms with Gasteiger partial charge in [0.05, 0.1) is 0 Å². The van der Waals surface area contributed by atoms with Gasteiger partial charge in [-0.3, -0.25) is 4.79 Å². The molecule has 0 bridgehead atoms. The van der Waals surface area contributed by atoms with Crippen LogP contribution in [0.2, 0.25) is 0 Å². The van der Waals surface area contributed by atoms with Crippen LogP contribution in [0, 0.1) is 0 Å². The van der Waals surface area contributed by atoms with E-state index < -0.39 is 17.4 Å². The zero-order valence-corrected chi connectivity index (χ0v) is 13.9. The SMILES string of the molecule is CCCC(C)(NC(=O)c1cccc(NC(=O)NC2CC2)c1)C(=O)O. The van der Waals surface area contributed by atoms with Crippen LogP contribution in [0.15, 0.2) is 24.3 Å². The molecule has 3 amide bonds. The second-order valence-electron chi connectivity index (χ2n) is 6.29. The molecule has 1 unspecified atom stereocenters. The van der Waals surface area contributed by atoms with E-state index in [4.69, 9.17) is 0 Å². The number of carboxylic acids is 1. The molecule has 130 valence electrons. The van der Waals surface area contributed by atoms with Crippen LogP contribution < -0.4 is 16.0 Å². The van der Waals surface area contributed by atoms with Gasteiger partial charge >= 0.3 is 12.0 Å². The summed E-state index contributed by atoms with van der Waals surface area (Å²) < 4.78 is 0. The lowest BCUT2D eigenvalue weighted by Gasteiger charge is -2.25. The first-order chi connectivity index (χ1) is 11.3. The predicted molar refractivity (Wildman–Crippen MR) is 90.0 cm³/mol. The molecule has 1 atom stereocenters. The van der Waals surface area contributed by atoms with Gasteiger partial charge in [0.1, 0.15) is 5.54 Å². The van der Waals surface area contributed by atoms with Gasteiger partial charge < -0.3 is 21.1 Å². The highest BCUT2D eigenvalue weighted by molar-refractivity contribution is 5.99. The Balaban J connectivity index is 2.04. The summed E-state index contributed by atoms with van der Waals surface area (Å²) >= 11 is 0. The van der Waals surface area contributed by atoms with Crippen molar-refractivity contribution < 1.29 is 19.5 Å². The van der Waals surface area contributed by atoms with E-state index >= 15 is 0 Å². The van der Waals surface area contributed by atoms with Gasteiger partial charge in [-0.05, 0) is 44.4 Å². The fourth-order valence-corrected chi connectivity index (χ4v) is 2.36. The van der Waals surface area contributed by atoms with E-state index in [0.29, 0.717) is 24.1 Å². The number of nitrogens with one attached hydrogen (secondary N) is 3. The van der Waals surface area contributed by atoms with Crippen LogP contribution in [0.3, 0.4) is 0 Å². The summed E-state index contributed by atoms with van der Waals surface area (Å²) in [5, 5.41) is 17.4. The Bertz CT molecular complexity index is 642. The molecule has 1 aromatic carbocycles. The molecular weight excluding hydrogens is 310 g/mol. The van der Waals surface area contributed by atoms with E-state index in [-0.39, 0.29) is 12.1 Å². The molecule has 1 fully saturated rings. The zero-order chi connectivity index (χ0) is 17.7. The number of urea groups is 1. The summed E-state index contributed by atoms with van der Waals surface area (Å²) in [5.41, 5.74) is -0.547. The fourth-order valence-electron chi connectivity index (χ4n) is 2.36. The summed E-state index contributed by atoms with van der Waals surface area (Å²) in [4.78, 5) is 35.5. The molecule has 0 heterocycles. The topological polar surface area (TPSA) is 108 Å². The van der Waals surface area contributed by atoms with E-state index in [0.717, 1.165) is 12.8 Å². The van der Waals surface area contributed by atoms with Crippen LogP contribution in [0.25, 0.3) is 0 Å². The third-order valence-corrected chi connectivity index (χ3v) is 3.91. The lowest BCUT2D eigenvalue weighted by molar-refractivity contribution is -0.144. The van der Waals surface area contributed by atoms with E-state index in [1.807, 2.05) is 6.92 Å². The van der Waals surface area contributed by atoms with E-state index in [1.54, 1.807) is 18.2 Å². The lowest BCUT2D eigenvalue weighted by Crippen LogP contribution is -2.52. The van der Waals surface area contributed by atoms with Gasteiger partial charge in [0, 0.05) is 17.3 Å². The van der Waals surface area contributed by atoms with Crippen LogP contribution in [0.4, 0.5) is 10.5 Å². The summed E-state index contributed by atoms with van der Waals surface area (Å²) in [6.45, 7) is 3.35. The third-order valence-electron chi connectivity index (χ3n) is 3.91. The minimum Gasteiger partial charge on any atom is -0.480 e. The molecule has 1 aliphatic carbocycles. The summed E-state index contributed by atoms with van der Waals surface area (Å²) in [5.74, 6) is -1.56. The van der Waals surface area contributed by atoms with Gasteiger partial charge in [-0.1, -0.05) is 19.4 Å². The quantitative estimate of drug-likeness (QED) is 0.614. The number of carboxylic acid groups (broad SMARTS) is 1. The summed E-state index contributed by atoms with van der Waals surface area (Å²) in [7, 11) is 0. The van der Waals surface area contributed by atoms with Crippen LogP contribution in [0.5, 0.6) is 0 Å². The van der Waals surface area contributed by atoms with Crippen LogP contribution in [-0.4, -0.2) is 34.6 Å². The van der Waals surface area contributed by atoms with Crippen molar-refractivity contribution in [1.29, 1.82) is 0 Å². The highest BCUT2D eigenvalue weighted by Gasteiger charge is 2.34. The molecular formula is C17H23N3O4. The standard InChI is InChI=1S/C17H23N3O4/c1-3-9-17(2,15(22)23)20-14(21)11-5-4-6-13(10-11)19-16(24)18-12-7-8-12/h4-6,10,12H,3,7-9H2,1-2H3,(H,20,21)(H,22,23)(H2,18,19,24). The molecule has 0 saturated heterocycles. The predicted octanol–water partition coefficient (Wildman–Crippen LogP) is 2.34. The average Bonchev–Trinajstić information content (AvgIpc) is 3.31. The van der Waals surface area contributed by atoms with Gasteiger partial charge in [-0.2, -0.15) is 0 Å². The molecule has 2 rings (SSSR count). The Hall–Kier alpha value is -2.57. The summed E-state index contributed by atoms with van der Waals surface area (Å²) in [6.07, 6.45) is 2.93. The second-order valence-corrected chi connectivity index (χ2v) is 6.29. The van der Waals surface area contributed by atoms with Crippen molar-refractivity contribution in [2.75, 3.05) is 5.32 Å². The number of aliphatic carboxylic acids is 1. The van der Waals surface area contributed by atoms with Crippen LogP contribution in [0.1, 0.15) is 49.9 Å². The molecule has 1 aromatic rings. The first-order valence-corrected chi connectivity index (χ1v) is 8.07. The second kappa shape index (κ2) is 7.33. The molecule has 0 radical (unpaired) electrons. The Morgan fingerprint density at radius 3 is 2.58 bits per heavy atom. The highest BCUT2D eigenvalue weighted by Crippen LogP contribution is 2.19. The number of hydrogen-bond acceptors (Lipinski definition) is 3. The van der Waals surface area contributed by atoms with E-state index in [1.165, 1.54) is 13.0 Å². The van der Waals surface area contributed by atoms with Gasteiger partial charge in [0.15, 0.2) is 0 Å². The van der Waals surface area contributed by atoms with Crippen molar-refractivity contribution in [3.05, 3.63) is 29.8 Å². The normalized spacial score (nSPS) is 15.9. The molecule has 0 spiro atoms.